The van der Waals surface area contributed by atoms with E-state index in [4.69, 9.17) is 4.74 Å². The number of aliphatic carboxylic acids is 1. The van der Waals surface area contributed by atoms with E-state index in [-0.39, 0.29) is 31.5 Å². The van der Waals surface area contributed by atoms with Gasteiger partial charge in [0.15, 0.2) is 0 Å². The molecule has 1 heterocycles. The fraction of sp³-hybridized carbons (Fsp3) is 0.464. The van der Waals surface area contributed by atoms with E-state index in [2.05, 4.69) is 29.6 Å². The second kappa shape index (κ2) is 9.02. The van der Waals surface area contributed by atoms with Crippen molar-refractivity contribution < 1.29 is 24.2 Å². The van der Waals surface area contributed by atoms with Crippen molar-refractivity contribution in [2.75, 3.05) is 26.2 Å². The van der Waals surface area contributed by atoms with Crippen molar-refractivity contribution in [2.45, 2.75) is 44.9 Å². The van der Waals surface area contributed by atoms with Gasteiger partial charge in [0, 0.05) is 25.6 Å². The molecule has 7 nitrogen and oxygen atoms in total. The Bertz CT molecular complexity index is 1110. The van der Waals surface area contributed by atoms with E-state index in [1.807, 2.05) is 24.3 Å². The number of amides is 2. The first-order valence-electron chi connectivity index (χ1n) is 12.4. The number of hydrogen-bond donors (Lipinski definition) is 2. The van der Waals surface area contributed by atoms with E-state index in [9.17, 15) is 19.5 Å². The van der Waals surface area contributed by atoms with Gasteiger partial charge in [-0.15, -0.1) is 0 Å². The zero-order valence-corrected chi connectivity index (χ0v) is 20.1. The van der Waals surface area contributed by atoms with Gasteiger partial charge in [-0.2, -0.15) is 0 Å². The highest BCUT2D eigenvalue weighted by Gasteiger charge is 2.49. The first-order valence-corrected chi connectivity index (χ1v) is 12.4. The molecular weight excluding hydrogens is 444 g/mol. The highest BCUT2D eigenvalue weighted by Crippen LogP contribution is 2.45. The Hall–Kier alpha value is -3.35. The molecule has 1 saturated heterocycles. The highest BCUT2D eigenvalue weighted by molar-refractivity contribution is 5.86. The van der Waals surface area contributed by atoms with E-state index in [0.29, 0.717) is 25.8 Å². The molecule has 2 amide bonds. The number of carbonyl (C=O) groups is 3. The molecular formula is C28H32N2O5. The summed E-state index contributed by atoms with van der Waals surface area (Å²) in [5.74, 6) is -0.933. The van der Waals surface area contributed by atoms with Crippen LogP contribution in [0.1, 0.15) is 56.1 Å². The average Bonchev–Trinajstić information content (AvgIpc) is 3.58. The maximum Gasteiger partial charge on any atom is 0.407 e. The Balaban J connectivity index is 1.22. The number of carbonyl (C=O) groups excluding carboxylic acids is 2. The summed E-state index contributed by atoms with van der Waals surface area (Å²) in [4.78, 5) is 39.5. The van der Waals surface area contributed by atoms with Gasteiger partial charge in [-0.1, -0.05) is 61.4 Å². The monoisotopic (exact) mass is 476 g/mol. The first-order chi connectivity index (χ1) is 16.8. The van der Waals surface area contributed by atoms with Crippen molar-refractivity contribution in [1.82, 2.24) is 10.2 Å². The van der Waals surface area contributed by atoms with E-state index >= 15 is 0 Å². The number of benzene rings is 2. The summed E-state index contributed by atoms with van der Waals surface area (Å²) in [5.41, 5.74) is 3.06. The van der Waals surface area contributed by atoms with Crippen LogP contribution < -0.4 is 5.32 Å². The molecule has 0 spiro atoms. The van der Waals surface area contributed by atoms with Crippen LogP contribution >= 0.6 is 0 Å². The van der Waals surface area contributed by atoms with E-state index in [1.54, 1.807) is 11.8 Å². The number of nitrogens with one attached hydrogen (secondary N) is 1. The Kier molecular flexibility index (Phi) is 6.03. The van der Waals surface area contributed by atoms with Gasteiger partial charge in [0.1, 0.15) is 6.61 Å². The Morgan fingerprint density at radius 1 is 1.00 bits per heavy atom. The van der Waals surface area contributed by atoms with Crippen LogP contribution in [0.5, 0.6) is 0 Å². The predicted octanol–water partition coefficient (Wildman–Crippen LogP) is 4.41. The highest BCUT2D eigenvalue weighted by atomic mass is 16.5. The average molecular weight is 477 g/mol. The van der Waals surface area contributed by atoms with Crippen LogP contribution in [0.25, 0.3) is 11.1 Å². The summed E-state index contributed by atoms with van der Waals surface area (Å²) in [5, 5.41) is 12.4. The molecule has 1 saturated carbocycles. The standard InChI is InChI=1S/C28H32N2O5/c1-27(25(32)33)14-15-30(18-27)24(31)28(12-6-7-13-28)17-29-26(34)35-16-23-21-10-4-2-8-19(21)20-9-3-5-11-22(20)23/h2-5,8-11,23H,6-7,12-18H2,1H3,(H,29,34)(H,32,33). The Morgan fingerprint density at radius 2 is 1.60 bits per heavy atom. The molecule has 2 aromatic carbocycles. The SMILES string of the molecule is CC1(C(=O)O)CCN(C(=O)C2(CNC(=O)OCC3c4ccccc4-c4ccccc43)CCCC2)C1. The van der Waals surface area contributed by atoms with Gasteiger partial charge in [-0.05, 0) is 48.4 Å². The van der Waals surface area contributed by atoms with E-state index in [1.165, 1.54) is 11.1 Å². The Morgan fingerprint density at radius 3 is 2.17 bits per heavy atom. The minimum Gasteiger partial charge on any atom is -0.481 e. The minimum atomic E-state index is -0.907. The summed E-state index contributed by atoms with van der Waals surface area (Å²) >= 11 is 0. The molecule has 184 valence electrons. The van der Waals surface area contributed by atoms with E-state index < -0.39 is 22.9 Å². The lowest BCUT2D eigenvalue weighted by atomic mass is 9.84. The van der Waals surface area contributed by atoms with Crippen LogP contribution in [0.2, 0.25) is 0 Å². The molecule has 1 aliphatic heterocycles. The summed E-state index contributed by atoms with van der Waals surface area (Å²) in [6, 6.07) is 16.4. The van der Waals surface area contributed by atoms with Crippen molar-refractivity contribution in [3.63, 3.8) is 0 Å². The molecule has 2 aromatic rings. The second-order valence-electron chi connectivity index (χ2n) is 10.5. The van der Waals surface area contributed by atoms with Crippen molar-refractivity contribution in [1.29, 1.82) is 0 Å². The number of fused-ring (bicyclic) bond motifs is 3. The quantitative estimate of drug-likeness (QED) is 0.644. The number of rotatable bonds is 6. The topological polar surface area (TPSA) is 95.9 Å². The summed E-state index contributed by atoms with van der Waals surface area (Å²) in [6.45, 7) is 2.79. The predicted molar refractivity (Wildman–Crippen MR) is 131 cm³/mol. The number of likely N-dealkylation sites (tertiary alicyclic amines) is 1. The van der Waals surface area contributed by atoms with Gasteiger partial charge >= 0.3 is 12.1 Å². The van der Waals surface area contributed by atoms with Gasteiger partial charge in [0.05, 0.1) is 10.8 Å². The maximum atomic E-state index is 13.5. The normalized spacial score (nSPS) is 22.5. The minimum absolute atomic E-state index is 0.0199. The molecule has 7 heteroatoms. The van der Waals surface area contributed by atoms with Crippen LogP contribution in [0, 0.1) is 10.8 Å². The van der Waals surface area contributed by atoms with Gasteiger partial charge in [0.2, 0.25) is 5.91 Å². The molecule has 3 aliphatic rings. The van der Waals surface area contributed by atoms with Crippen molar-refractivity contribution in [2.24, 2.45) is 10.8 Å². The number of carboxylic acids is 1. The molecule has 0 bridgehead atoms. The molecule has 2 aliphatic carbocycles. The molecule has 35 heavy (non-hydrogen) atoms. The summed E-state index contributed by atoms with van der Waals surface area (Å²) in [7, 11) is 0. The summed E-state index contributed by atoms with van der Waals surface area (Å²) < 4.78 is 5.66. The summed E-state index contributed by atoms with van der Waals surface area (Å²) in [6.07, 6.45) is 3.14. The third-order valence-corrected chi connectivity index (χ3v) is 8.21. The zero-order chi connectivity index (χ0) is 24.6. The maximum absolute atomic E-state index is 13.5. The lowest BCUT2D eigenvalue weighted by molar-refractivity contribution is -0.148. The third-order valence-electron chi connectivity index (χ3n) is 8.21. The van der Waals surface area contributed by atoms with E-state index in [0.717, 1.165) is 24.0 Å². The largest absolute Gasteiger partial charge is 0.481 e. The zero-order valence-electron chi connectivity index (χ0n) is 20.1. The molecule has 1 atom stereocenters. The van der Waals surface area contributed by atoms with Gasteiger partial charge in [-0.3, -0.25) is 9.59 Å². The van der Waals surface area contributed by atoms with Gasteiger partial charge < -0.3 is 20.1 Å². The number of carboxylic acid groups (broad SMARTS) is 1. The molecule has 5 rings (SSSR count). The van der Waals surface area contributed by atoms with Crippen molar-refractivity contribution in [3.8, 4) is 11.1 Å². The van der Waals surface area contributed by atoms with Crippen LogP contribution in [0.15, 0.2) is 48.5 Å². The molecule has 1 unspecified atom stereocenters. The number of hydrogen-bond acceptors (Lipinski definition) is 4. The Labute approximate surface area is 205 Å². The molecule has 0 radical (unpaired) electrons. The van der Waals surface area contributed by atoms with Crippen LogP contribution in [0.3, 0.4) is 0 Å². The first kappa shape index (κ1) is 23.4. The lowest BCUT2D eigenvalue weighted by Gasteiger charge is -2.33. The van der Waals surface area contributed by atoms with Crippen LogP contribution in [0.4, 0.5) is 4.79 Å². The molecule has 2 fully saturated rings. The third kappa shape index (κ3) is 4.17. The molecule has 2 N–H and O–H groups in total. The van der Waals surface area contributed by atoms with Crippen molar-refractivity contribution in [3.05, 3.63) is 59.7 Å². The smallest absolute Gasteiger partial charge is 0.407 e. The number of ether oxygens (including phenoxy) is 1. The van der Waals surface area contributed by atoms with Crippen LogP contribution in [-0.4, -0.2) is 54.2 Å². The molecule has 0 aromatic heterocycles. The fourth-order valence-electron chi connectivity index (χ4n) is 6.05. The second-order valence-corrected chi connectivity index (χ2v) is 10.5. The van der Waals surface area contributed by atoms with Gasteiger partial charge in [0.25, 0.3) is 0 Å². The van der Waals surface area contributed by atoms with Gasteiger partial charge in [-0.25, -0.2) is 4.79 Å². The van der Waals surface area contributed by atoms with Crippen molar-refractivity contribution >= 4 is 18.0 Å². The number of alkyl carbamates (subject to hydrolysis) is 1. The fourth-order valence-corrected chi connectivity index (χ4v) is 6.05. The number of nitrogens with zero attached hydrogens (tertiary/aromatic N) is 1. The van der Waals surface area contributed by atoms with Crippen LogP contribution in [-0.2, 0) is 14.3 Å². The lowest BCUT2D eigenvalue weighted by Crippen LogP contribution is -2.49.